The molecule has 1 heterocycles. The van der Waals surface area contributed by atoms with Gasteiger partial charge < -0.3 is 20.5 Å². The van der Waals surface area contributed by atoms with Crippen molar-refractivity contribution in [3.8, 4) is 6.07 Å². The summed E-state index contributed by atoms with van der Waals surface area (Å²) in [6, 6.07) is 24.4. The molecule has 1 amide bonds. The van der Waals surface area contributed by atoms with E-state index in [2.05, 4.69) is 11.4 Å². The van der Waals surface area contributed by atoms with Gasteiger partial charge >= 0.3 is 11.9 Å². The van der Waals surface area contributed by atoms with Gasteiger partial charge in [-0.3, -0.25) is 9.69 Å². The summed E-state index contributed by atoms with van der Waals surface area (Å²) in [5, 5.41) is 13.1. The average Bonchev–Trinajstić information content (AvgIpc) is 2.97. The highest BCUT2D eigenvalue weighted by molar-refractivity contribution is 6.11. The minimum absolute atomic E-state index is 0.00278. The van der Waals surface area contributed by atoms with E-state index in [1.807, 2.05) is 19.1 Å². The normalized spacial score (nSPS) is 14.9. The highest BCUT2D eigenvalue weighted by Gasteiger charge is 2.43. The highest BCUT2D eigenvalue weighted by Crippen LogP contribution is 2.43. The molecular formula is C30H26N4O5. The van der Waals surface area contributed by atoms with E-state index in [1.54, 1.807) is 66.7 Å². The van der Waals surface area contributed by atoms with Crippen molar-refractivity contribution < 1.29 is 23.9 Å². The highest BCUT2D eigenvalue weighted by atomic mass is 16.5. The maximum Gasteiger partial charge on any atom is 0.355 e. The molecule has 1 unspecified atom stereocenters. The van der Waals surface area contributed by atoms with E-state index >= 15 is 0 Å². The van der Waals surface area contributed by atoms with Gasteiger partial charge in [-0.1, -0.05) is 60.2 Å². The molecule has 0 saturated heterocycles. The summed E-state index contributed by atoms with van der Waals surface area (Å²) in [7, 11) is 2.34. The lowest BCUT2D eigenvalue weighted by molar-refractivity contribution is -0.139. The van der Waals surface area contributed by atoms with Gasteiger partial charge in [-0.05, 0) is 36.8 Å². The number of aryl methyl sites for hydroxylation is 1. The third-order valence-electron chi connectivity index (χ3n) is 6.31. The number of hydrogen-bond acceptors (Lipinski definition) is 8. The van der Waals surface area contributed by atoms with Crippen LogP contribution in [0, 0.1) is 18.3 Å². The van der Waals surface area contributed by atoms with Crippen LogP contribution in [-0.4, -0.2) is 32.1 Å². The minimum Gasteiger partial charge on any atom is -0.466 e. The van der Waals surface area contributed by atoms with Crippen LogP contribution in [0.5, 0.6) is 0 Å². The molecule has 1 atom stereocenters. The van der Waals surface area contributed by atoms with Crippen molar-refractivity contribution >= 4 is 29.2 Å². The number of nitrogens with zero attached hydrogens (tertiary/aromatic N) is 2. The fourth-order valence-electron chi connectivity index (χ4n) is 4.46. The number of esters is 2. The second-order valence-corrected chi connectivity index (χ2v) is 8.67. The molecule has 4 rings (SSSR count). The number of allylic oxidation sites excluding steroid dienone is 1. The number of hydrogen-bond donors (Lipinski definition) is 2. The number of nitrogens with two attached hydrogens (primary N) is 1. The van der Waals surface area contributed by atoms with Crippen LogP contribution in [0.2, 0.25) is 0 Å². The van der Waals surface area contributed by atoms with E-state index in [0.717, 1.165) is 12.7 Å². The Morgan fingerprint density at radius 1 is 0.897 bits per heavy atom. The number of amides is 1. The predicted octanol–water partition coefficient (Wildman–Crippen LogP) is 4.15. The Morgan fingerprint density at radius 2 is 1.51 bits per heavy atom. The van der Waals surface area contributed by atoms with Crippen LogP contribution in [0.25, 0.3) is 0 Å². The largest absolute Gasteiger partial charge is 0.466 e. The molecule has 0 bridgehead atoms. The number of methoxy groups -OCH3 is 2. The predicted molar refractivity (Wildman–Crippen MR) is 145 cm³/mol. The lowest BCUT2D eigenvalue weighted by Crippen LogP contribution is -2.41. The van der Waals surface area contributed by atoms with Crippen molar-refractivity contribution in [1.29, 1.82) is 5.26 Å². The fraction of sp³-hybridized carbons (Fsp3) is 0.133. The number of para-hydroxylation sites is 1. The van der Waals surface area contributed by atoms with Crippen LogP contribution in [0.3, 0.4) is 0 Å². The Morgan fingerprint density at radius 3 is 2.13 bits per heavy atom. The standard InChI is InChI=1S/C30H26N4O5/c1-18-13-15-20(16-14-18)33-28(35)21-11-7-8-12-23(21)34-26(30(37)39-3)25(29(36)38-2)24(22(17-31)27(34)32)19-9-5-4-6-10-19/h4-16,24H,32H2,1-3H3,(H,33,35). The molecule has 0 aromatic heterocycles. The van der Waals surface area contributed by atoms with E-state index in [9.17, 15) is 19.6 Å². The summed E-state index contributed by atoms with van der Waals surface area (Å²) in [5.74, 6) is -3.38. The quantitative estimate of drug-likeness (QED) is 0.461. The number of anilines is 2. The van der Waals surface area contributed by atoms with E-state index in [1.165, 1.54) is 12.0 Å². The van der Waals surface area contributed by atoms with Crippen LogP contribution in [0.1, 0.15) is 27.4 Å². The van der Waals surface area contributed by atoms with E-state index in [0.29, 0.717) is 11.3 Å². The van der Waals surface area contributed by atoms with E-state index in [-0.39, 0.29) is 33.9 Å². The third-order valence-corrected chi connectivity index (χ3v) is 6.31. The number of rotatable bonds is 6. The summed E-state index contributed by atoms with van der Waals surface area (Å²) in [6.45, 7) is 1.93. The first-order chi connectivity index (χ1) is 18.8. The molecule has 0 radical (unpaired) electrons. The summed E-state index contributed by atoms with van der Waals surface area (Å²) < 4.78 is 10.1. The molecule has 0 fully saturated rings. The van der Waals surface area contributed by atoms with Gasteiger partial charge in [-0.2, -0.15) is 5.26 Å². The van der Waals surface area contributed by atoms with Gasteiger partial charge in [0, 0.05) is 5.69 Å². The first-order valence-corrected chi connectivity index (χ1v) is 11.9. The van der Waals surface area contributed by atoms with Crippen molar-refractivity contribution in [3.05, 3.63) is 118 Å². The zero-order valence-corrected chi connectivity index (χ0v) is 21.6. The van der Waals surface area contributed by atoms with Gasteiger partial charge in [-0.15, -0.1) is 0 Å². The monoisotopic (exact) mass is 522 g/mol. The number of nitriles is 1. The lowest BCUT2D eigenvalue weighted by atomic mass is 9.80. The molecule has 39 heavy (non-hydrogen) atoms. The van der Waals surface area contributed by atoms with E-state index in [4.69, 9.17) is 15.2 Å². The van der Waals surface area contributed by atoms with Crippen molar-refractivity contribution in [3.63, 3.8) is 0 Å². The topological polar surface area (TPSA) is 135 Å². The molecule has 0 aliphatic carbocycles. The zero-order chi connectivity index (χ0) is 28.1. The molecule has 0 spiro atoms. The Bertz CT molecular complexity index is 1540. The Labute approximate surface area is 225 Å². The SMILES string of the molecule is COC(=O)C1=C(C(=O)OC)N(c2ccccc2C(=O)Nc2ccc(C)cc2)C(N)=C(C#N)C1c1ccccc1. The van der Waals surface area contributed by atoms with Crippen molar-refractivity contribution in [2.75, 3.05) is 24.4 Å². The minimum atomic E-state index is -1.01. The number of benzene rings is 3. The molecule has 9 heteroatoms. The summed E-state index contributed by atoms with van der Waals surface area (Å²) in [6.07, 6.45) is 0. The first kappa shape index (κ1) is 26.7. The van der Waals surface area contributed by atoms with Crippen LogP contribution >= 0.6 is 0 Å². The fourth-order valence-corrected chi connectivity index (χ4v) is 4.46. The molecule has 0 saturated carbocycles. The summed E-state index contributed by atoms with van der Waals surface area (Å²) in [4.78, 5) is 41.2. The smallest absolute Gasteiger partial charge is 0.355 e. The van der Waals surface area contributed by atoms with Gasteiger partial charge in [0.2, 0.25) is 0 Å². The van der Waals surface area contributed by atoms with E-state index < -0.39 is 23.8 Å². The molecule has 196 valence electrons. The summed E-state index contributed by atoms with van der Waals surface area (Å²) in [5.41, 5.74) is 8.62. The van der Waals surface area contributed by atoms with Crippen LogP contribution in [0.4, 0.5) is 11.4 Å². The van der Waals surface area contributed by atoms with Gasteiger partial charge in [0.05, 0.1) is 48.6 Å². The van der Waals surface area contributed by atoms with Gasteiger partial charge in [0.1, 0.15) is 11.5 Å². The molecule has 3 aromatic carbocycles. The maximum absolute atomic E-state index is 13.4. The van der Waals surface area contributed by atoms with Crippen molar-refractivity contribution in [2.24, 2.45) is 5.73 Å². The number of carbonyl (C=O) groups excluding carboxylic acids is 3. The third kappa shape index (κ3) is 5.08. The van der Waals surface area contributed by atoms with Crippen molar-refractivity contribution in [1.82, 2.24) is 0 Å². The van der Waals surface area contributed by atoms with Crippen LogP contribution < -0.4 is 16.0 Å². The first-order valence-electron chi connectivity index (χ1n) is 11.9. The number of ether oxygens (including phenoxy) is 2. The molecule has 1 aliphatic heterocycles. The maximum atomic E-state index is 13.4. The number of nitrogens with one attached hydrogen (secondary N) is 1. The Kier molecular flexibility index (Phi) is 7.77. The second kappa shape index (κ2) is 11.4. The number of carbonyl (C=O) groups is 3. The second-order valence-electron chi connectivity index (χ2n) is 8.67. The lowest BCUT2D eigenvalue weighted by Gasteiger charge is -2.36. The molecule has 9 nitrogen and oxygen atoms in total. The van der Waals surface area contributed by atoms with Gasteiger partial charge in [-0.25, -0.2) is 9.59 Å². The Balaban J connectivity index is 1.97. The molecule has 3 aromatic rings. The Hall–Kier alpha value is -5.36. The average molecular weight is 523 g/mol. The van der Waals surface area contributed by atoms with Crippen LogP contribution in [-0.2, 0) is 19.1 Å². The molecular weight excluding hydrogens is 496 g/mol. The zero-order valence-electron chi connectivity index (χ0n) is 21.6. The molecule has 3 N–H and O–H groups in total. The molecule has 1 aliphatic rings. The van der Waals surface area contributed by atoms with Gasteiger partial charge in [0.15, 0.2) is 0 Å². The van der Waals surface area contributed by atoms with Crippen molar-refractivity contribution in [2.45, 2.75) is 12.8 Å². The van der Waals surface area contributed by atoms with Gasteiger partial charge in [0.25, 0.3) is 5.91 Å². The van der Waals surface area contributed by atoms with Crippen LogP contribution in [0.15, 0.2) is 102 Å². The summed E-state index contributed by atoms with van der Waals surface area (Å²) >= 11 is 0.